The minimum absolute atomic E-state index is 0.220. The van der Waals surface area contributed by atoms with Crippen molar-refractivity contribution in [3.8, 4) is 5.75 Å². The van der Waals surface area contributed by atoms with Crippen LogP contribution in [0.15, 0.2) is 59.3 Å². The van der Waals surface area contributed by atoms with Crippen LogP contribution in [0.1, 0.15) is 49.9 Å². The Balaban J connectivity index is 1.66. The van der Waals surface area contributed by atoms with Crippen molar-refractivity contribution in [2.24, 2.45) is 0 Å². The van der Waals surface area contributed by atoms with Crippen molar-refractivity contribution in [2.75, 3.05) is 6.61 Å². The van der Waals surface area contributed by atoms with Crippen molar-refractivity contribution < 1.29 is 23.8 Å². The van der Waals surface area contributed by atoms with E-state index in [2.05, 4.69) is 18.0 Å². The normalized spacial score (nSPS) is 16.4. The molecule has 1 aliphatic rings. The number of rotatable bonds is 9. The minimum atomic E-state index is -1.01. The molecule has 3 rings (SSSR count). The second-order valence-electron chi connectivity index (χ2n) is 7.88. The van der Waals surface area contributed by atoms with Crippen molar-refractivity contribution in [3.05, 3.63) is 77.6 Å². The van der Waals surface area contributed by atoms with E-state index in [1.54, 1.807) is 24.5 Å². The molecule has 2 heterocycles. The number of nitrogens with zero attached hydrogens (tertiary/aromatic N) is 2. The Morgan fingerprint density at radius 2 is 2.12 bits per heavy atom. The van der Waals surface area contributed by atoms with Crippen LogP contribution in [0.2, 0.25) is 0 Å². The van der Waals surface area contributed by atoms with Crippen molar-refractivity contribution in [1.29, 1.82) is 0 Å². The van der Waals surface area contributed by atoms with Crippen LogP contribution in [0.5, 0.6) is 5.75 Å². The maximum absolute atomic E-state index is 12.6. The zero-order valence-electron chi connectivity index (χ0n) is 19.3. The molecule has 1 N–H and O–H groups in total. The molecule has 0 aliphatic carbocycles. The highest BCUT2D eigenvalue weighted by atomic mass is 16.5. The van der Waals surface area contributed by atoms with Gasteiger partial charge in [0.25, 0.3) is 0 Å². The molecule has 1 aromatic heterocycles. The van der Waals surface area contributed by atoms with Gasteiger partial charge in [-0.05, 0) is 43.5 Å². The molecular formula is C26H30N2O5. The SMILES string of the molecule is C/C=C/C=C/C(=O)N1Cc2cc(OCCc3coc(/C(C)=C/CC)n3)ccc2C[C@H]1C(=O)O. The number of carboxylic acids is 1. The number of carboxylic acid groups (broad SMARTS) is 1. The van der Waals surface area contributed by atoms with E-state index in [0.29, 0.717) is 24.7 Å². The molecule has 2 aromatic rings. The van der Waals surface area contributed by atoms with Gasteiger partial charge in [0.05, 0.1) is 12.3 Å². The predicted molar refractivity (Wildman–Crippen MR) is 126 cm³/mol. The van der Waals surface area contributed by atoms with Gasteiger partial charge >= 0.3 is 5.97 Å². The van der Waals surface area contributed by atoms with Gasteiger partial charge < -0.3 is 19.2 Å². The van der Waals surface area contributed by atoms with Crippen LogP contribution in [-0.2, 0) is 29.0 Å². The van der Waals surface area contributed by atoms with Gasteiger partial charge in [0.15, 0.2) is 0 Å². The largest absolute Gasteiger partial charge is 0.493 e. The molecule has 1 aromatic carbocycles. The number of benzene rings is 1. The van der Waals surface area contributed by atoms with Gasteiger partial charge in [-0.15, -0.1) is 0 Å². The molecule has 7 nitrogen and oxygen atoms in total. The van der Waals surface area contributed by atoms with Gasteiger partial charge in [-0.3, -0.25) is 4.79 Å². The maximum atomic E-state index is 12.6. The number of oxazole rings is 1. The zero-order valence-corrected chi connectivity index (χ0v) is 19.3. The predicted octanol–water partition coefficient (Wildman–Crippen LogP) is 4.58. The van der Waals surface area contributed by atoms with Gasteiger partial charge in [0.1, 0.15) is 18.1 Å². The van der Waals surface area contributed by atoms with Crippen molar-refractivity contribution in [3.63, 3.8) is 0 Å². The molecule has 1 aliphatic heterocycles. The molecular weight excluding hydrogens is 420 g/mol. The lowest BCUT2D eigenvalue weighted by Gasteiger charge is -2.34. The van der Waals surface area contributed by atoms with E-state index in [-0.39, 0.29) is 18.9 Å². The van der Waals surface area contributed by atoms with Gasteiger partial charge in [0.2, 0.25) is 11.8 Å². The number of aromatic nitrogens is 1. The van der Waals surface area contributed by atoms with E-state index in [1.165, 1.54) is 11.0 Å². The fourth-order valence-electron chi connectivity index (χ4n) is 3.72. The molecule has 0 fully saturated rings. The first-order valence-corrected chi connectivity index (χ1v) is 11.1. The summed E-state index contributed by atoms with van der Waals surface area (Å²) in [5.41, 5.74) is 3.64. The molecule has 1 atom stereocenters. The molecule has 33 heavy (non-hydrogen) atoms. The molecule has 0 spiro atoms. The van der Waals surface area contributed by atoms with Crippen LogP contribution < -0.4 is 4.74 Å². The fourth-order valence-corrected chi connectivity index (χ4v) is 3.72. The Kier molecular flexibility index (Phi) is 8.24. The number of hydrogen-bond donors (Lipinski definition) is 1. The first-order chi connectivity index (χ1) is 15.9. The van der Waals surface area contributed by atoms with E-state index < -0.39 is 12.0 Å². The molecule has 0 saturated carbocycles. The monoisotopic (exact) mass is 450 g/mol. The van der Waals surface area contributed by atoms with Crippen molar-refractivity contribution in [1.82, 2.24) is 9.88 Å². The van der Waals surface area contributed by atoms with Crippen LogP contribution >= 0.6 is 0 Å². The Hall–Kier alpha value is -3.61. The molecule has 174 valence electrons. The quantitative estimate of drug-likeness (QED) is 0.444. The van der Waals surface area contributed by atoms with Crippen LogP contribution in [0.25, 0.3) is 5.57 Å². The van der Waals surface area contributed by atoms with Gasteiger partial charge in [-0.25, -0.2) is 9.78 Å². The van der Waals surface area contributed by atoms with Crippen molar-refractivity contribution in [2.45, 2.75) is 52.6 Å². The average molecular weight is 451 g/mol. The van der Waals surface area contributed by atoms with Crippen molar-refractivity contribution >= 4 is 17.4 Å². The average Bonchev–Trinajstić information content (AvgIpc) is 3.27. The first kappa shape index (κ1) is 24.0. The number of fused-ring (bicyclic) bond motifs is 1. The Labute approximate surface area is 194 Å². The molecule has 7 heteroatoms. The highest BCUT2D eigenvalue weighted by molar-refractivity contribution is 5.92. The van der Waals surface area contributed by atoms with E-state index in [1.807, 2.05) is 32.0 Å². The summed E-state index contributed by atoms with van der Waals surface area (Å²) >= 11 is 0. The Morgan fingerprint density at radius 1 is 1.30 bits per heavy atom. The lowest BCUT2D eigenvalue weighted by atomic mass is 9.93. The van der Waals surface area contributed by atoms with Gasteiger partial charge in [0, 0.05) is 31.0 Å². The number of allylic oxidation sites excluding steroid dienone is 5. The van der Waals surface area contributed by atoms with E-state index in [9.17, 15) is 14.7 Å². The smallest absolute Gasteiger partial charge is 0.326 e. The second-order valence-corrected chi connectivity index (χ2v) is 7.88. The molecule has 0 radical (unpaired) electrons. The Morgan fingerprint density at radius 3 is 2.85 bits per heavy atom. The highest BCUT2D eigenvalue weighted by Gasteiger charge is 2.33. The van der Waals surface area contributed by atoms with Crippen LogP contribution in [0, 0.1) is 0 Å². The van der Waals surface area contributed by atoms with Gasteiger partial charge in [-0.2, -0.15) is 0 Å². The summed E-state index contributed by atoms with van der Waals surface area (Å²) in [6.45, 7) is 6.53. The lowest BCUT2D eigenvalue weighted by Crippen LogP contribution is -2.48. The minimum Gasteiger partial charge on any atom is -0.493 e. The topological polar surface area (TPSA) is 92.9 Å². The van der Waals surface area contributed by atoms with Crippen LogP contribution in [0.4, 0.5) is 0 Å². The van der Waals surface area contributed by atoms with E-state index >= 15 is 0 Å². The number of carbonyl (C=O) groups is 2. The standard InChI is InChI=1S/C26H30N2O5/c1-4-6-7-9-24(29)28-16-20-14-22(11-10-19(20)15-23(28)26(30)31)32-13-12-21-17-33-25(27-21)18(3)8-5-2/h4,6-11,14,17,23H,5,12-13,15-16H2,1-3H3,(H,30,31)/b6-4+,9-7+,18-8+/t23-/m0/s1. The summed E-state index contributed by atoms with van der Waals surface area (Å²) < 4.78 is 11.4. The number of carbonyl (C=O) groups excluding carboxylic acids is 1. The zero-order chi connectivity index (χ0) is 23.8. The highest BCUT2D eigenvalue weighted by Crippen LogP contribution is 2.28. The fraction of sp³-hybridized carbons (Fsp3) is 0.346. The summed E-state index contributed by atoms with van der Waals surface area (Å²) in [5, 5.41) is 9.63. The summed E-state index contributed by atoms with van der Waals surface area (Å²) in [7, 11) is 0. The summed E-state index contributed by atoms with van der Waals surface area (Å²) in [6, 6.07) is 4.71. The van der Waals surface area contributed by atoms with Crippen LogP contribution in [0.3, 0.4) is 0 Å². The number of amides is 1. The van der Waals surface area contributed by atoms with Crippen LogP contribution in [-0.4, -0.2) is 39.5 Å². The van der Waals surface area contributed by atoms with E-state index in [4.69, 9.17) is 9.15 Å². The third kappa shape index (κ3) is 6.22. The number of ether oxygens (including phenoxy) is 1. The summed E-state index contributed by atoms with van der Waals surface area (Å²) in [6.07, 6.45) is 12.0. The summed E-state index contributed by atoms with van der Waals surface area (Å²) in [5.74, 6) is -0.0384. The third-order valence-electron chi connectivity index (χ3n) is 5.44. The second kappa shape index (κ2) is 11.3. The Bertz CT molecular complexity index is 1080. The number of aliphatic carboxylic acids is 1. The molecule has 0 saturated heterocycles. The van der Waals surface area contributed by atoms with Gasteiger partial charge in [-0.1, -0.05) is 37.3 Å². The number of hydrogen-bond acceptors (Lipinski definition) is 5. The maximum Gasteiger partial charge on any atom is 0.326 e. The molecule has 0 bridgehead atoms. The molecule has 0 unspecified atom stereocenters. The molecule has 1 amide bonds. The van der Waals surface area contributed by atoms with E-state index in [0.717, 1.165) is 28.8 Å². The third-order valence-corrected chi connectivity index (χ3v) is 5.44. The first-order valence-electron chi connectivity index (χ1n) is 11.1. The summed E-state index contributed by atoms with van der Waals surface area (Å²) in [4.78, 5) is 30.2. The lowest BCUT2D eigenvalue weighted by molar-refractivity contribution is -0.149.